The van der Waals surface area contributed by atoms with Crippen molar-refractivity contribution in [1.29, 1.82) is 10.5 Å². The zero-order valence-electron chi connectivity index (χ0n) is 34.6. The lowest BCUT2D eigenvalue weighted by Gasteiger charge is -2.36. The van der Waals surface area contributed by atoms with Crippen LogP contribution < -0.4 is 13.6 Å². The summed E-state index contributed by atoms with van der Waals surface area (Å²) in [6, 6.07) is 22.1. The van der Waals surface area contributed by atoms with Gasteiger partial charge in [-0.25, -0.2) is 4.39 Å². The van der Waals surface area contributed by atoms with E-state index < -0.39 is 16.6 Å². The van der Waals surface area contributed by atoms with E-state index in [4.69, 9.17) is 13.6 Å². The van der Waals surface area contributed by atoms with Crippen molar-refractivity contribution in [3.63, 3.8) is 0 Å². The van der Waals surface area contributed by atoms with Gasteiger partial charge in [0.15, 0.2) is 0 Å². The number of hydrogen-bond acceptors (Lipinski definition) is 5. The molecule has 5 rings (SSSR count). The van der Waals surface area contributed by atoms with Crippen molar-refractivity contribution in [1.82, 2.24) is 0 Å². The molecule has 2 aliphatic carbocycles. The summed E-state index contributed by atoms with van der Waals surface area (Å²) in [5.41, 5.74) is 2.90. The van der Waals surface area contributed by atoms with Gasteiger partial charge in [0.05, 0.1) is 30.1 Å². The Balaban J connectivity index is 0.000000252. The topological polar surface area (TPSA) is 75.3 Å². The molecular formula is C45H62BrFN2O3Si2. The second-order valence-electron chi connectivity index (χ2n) is 18.7. The summed E-state index contributed by atoms with van der Waals surface area (Å²) in [6.45, 7) is 22.4. The Kier molecular flexibility index (Phi) is 13.7. The lowest BCUT2D eigenvalue weighted by molar-refractivity contribution is 0.406. The average Bonchev–Trinajstić information content (AvgIpc) is 3.76. The molecule has 0 radical (unpaired) electrons. The van der Waals surface area contributed by atoms with E-state index in [1.807, 2.05) is 24.3 Å². The molecule has 0 saturated heterocycles. The van der Waals surface area contributed by atoms with E-state index >= 15 is 0 Å². The van der Waals surface area contributed by atoms with Crippen molar-refractivity contribution < 1.29 is 18.0 Å². The fraction of sp³-hybridized carbons (Fsp3) is 0.556. The molecular weight excluding hydrogens is 772 g/mol. The summed E-state index contributed by atoms with van der Waals surface area (Å²) in [6.07, 6.45) is 9.70. The minimum absolute atomic E-state index is 0.0735. The van der Waals surface area contributed by atoms with Crippen LogP contribution in [0.4, 0.5) is 4.39 Å². The molecule has 2 fully saturated rings. The number of hydrogen-bond donors (Lipinski definition) is 0. The molecule has 2 saturated carbocycles. The predicted octanol–water partition coefficient (Wildman–Crippen LogP) is 14.0. The fourth-order valence-corrected chi connectivity index (χ4v) is 9.45. The first-order valence-electron chi connectivity index (χ1n) is 19.5. The molecule has 0 aliphatic heterocycles. The molecule has 0 N–H and O–H groups in total. The van der Waals surface area contributed by atoms with Crippen LogP contribution in [0.15, 0.2) is 59.1 Å². The molecule has 0 aromatic heterocycles. The van der Waals surface area contributed by atoms with E-state index in [0.29, 0.717) is 17.7 Å². The van der Waals surface area contributed by atoms with Crippen LogP contribution >= 0.6 is 15.9 Å². The highest BCUT2D eigenvalue weighted by atomic mass is 79.9. The average molecular weight is 834 g/mol. The molecule has 0 bridgehead atoms. The summed E-state index contributed by atoms with van der Waals surface area (Å²) in [4.78, 5) is 0. The van der Waals surface area contributed by atoms with Crippen molar-refractivity contribution >= 4 is 32.6 Å². The number of nitrogens with zero attached hydrogens (tertiary/aromatic N) is 2. The smallest absolute Gasteiger partial charge is 0.250 e. The highest BCUT2D eigenvalue weighted by Gasteiger charge is 2.41. The summed E-state index contributed by atoms with van der Waals surface area (Å²) < 4.78 is 34.2. The maximum Gasteiger partial charge on any atom is 0.250 e. The molecule has 54 heavy (non-hydrogen) atoms. The van der Waals surface area contributed by atoms with Crippen LogP contribution in [0.2, 0.25) is 36.3 Å². The zero-order chi connectivity index (χ0) is 40.2. The SMILES string of the molecule is CC(C)(C)[Si](C)(C)Oc1ccc(Br)c(CC2(C#N)CCCC2)c1.COc1ccc(F)c(-c2ccc(O[Si](C)(C)C(C)(C)C)cc2CC2(C#N)CCCC2)c1. The number of benzene rings is 3. The van der Waals surface area contributed by atoms with Gasteiger partial charge >= 0.3 is 0 Å². The summed E-state index contributed by atoms with van der Waals surface area (Å²) in [5, 5.41) is 19.9. The van der Waals surface area contributed by atoms with Gasteiger partial charge in [-0.3, -0.25) is 0 Å². The second kappa shape index (κ2) is 16.9. The molecule has 3 aromatic carbocycles. The largest absolute Gasteiger partial charge is 0.543 e. The molecule has 0 atom stereocenters. The lowest BCUT2D eigenvalue weighted by atomic mass is 9.79. The minimum atomic E-state index is -2.02. The third kappa shape index (κ3) is 10.4. The van der Waals surface area contributed by atoms with Gasteiger partial charge < -0.3 is 13.6 Å². The Morgan fingerprint density at radius 2 is 1.07 bits per heavy atom. The van der Waals surface area contributed by atoms with Crippen LogP contribution in [-0.2, 0) is 12.8 Å². The molecule has 0 heterocycles. The summed E-state index contributed by atoms with van der Waals surface area (Å²) in [5.74, 6) is 2.07. The van der Waals surface area contributed by atoms with Gasteiger partial charge in [-0.1, -0.05) is 89.2 Å². The molecule has 9 heteroatoms. The highest BCUT2D eigenvalue weighted by Crippen LogP contribution is 2.46. The second-order valence-corrected chi connectivity index (χ2v) is 29.0. The quantitative estimate of drug-likeness (QED) is 0.190. The van der Waals surface area contributed by atoms with Crippen molar-refractivity contribution in [2.45, 2.75) is 142 Å². The Morgan fingerprint density at radius 3 is 1.52 bits per heavy atom. The molecule has 5 nitrogen and oxygen atoms in total. The number of rotatable bonds is 10. The first kappa shape index (κ1) is 43.6. The van der Waals surface area contributed by atoms with Gasteiger partial charge in [0.2, 0.25) is 16.6 Å². The Labute approximate surface area is 336 Å². The third-order valence-corrected chi connectivity index (χ3v) is 22.1. The van der Waals surface area contributed by atoms with Crippen molar-refractivity contribution in [3.05, 3.63) is 76.0 Å². The van der Waals surface area contributed by atoms with Crippen LogP contribution in [0.1, 0.15) is 104 Å². The molecule has 3 aromatic rings. The van der Waals surface area contributed by atoms with Gasteiger partial charge in [-0.15, -0.1) is 0 Å². The van der Waals surface area contributed by atoms with Gasteiger partial charge in [0.1, 0.15) is 23.1 Å². The van der Waals surface area contributed by atoms with Gasteiger partial charge in [0, 0.05) is 10.0 Å². The Bertz CT molecular complexity index is 1850. The first-order chi connectivity index (χ1) is 25.1. The molecule has 292 valence electrons. The molecule has 0 spiro atoms. The van der Waals surface area contributed by atoms with Crippen molar-refractivity contribution in [2.75, 3.05) is 7.11 Å². The van der Waals surface area contributed by atoms with Crippen LogP contribution in [0, 0.1) is 39.3 Å². The zero-order valence-corrected chi connectivity index (χ0v) is 38.2. The Hall–Kier alpha value is -3.12. The number of methoxy groups -OCH3 is 1. The fourth-order valence-electron chi connectivity index (χ4n) is 7.01. The van der Waals surface area contributed by atoms with E-state index in [1.165, 1.54) is 24.5 Å². The molecule has 2 aliphatic rings. The van der Waals surface area contributed by atoms with E-state index in [-0.39, 0.29) is 26.7 Å². The summed E-state index contributed by atoms with van der Waals surface area (Å²) in [7, 11) is -2.28. The van der Waals surface area contributed by atoms with E-state index in [1.54, 1.807) is 19.2 Å². The maximum atomic E-state index is 14.8. The normalized spacial score (nSPS) is 16.8. The monoisotopic (exact) mass is 832 g/mol. The predicted molar refractivity (Wildman–Crippen MR) is 229 cm³/mol. The number of halogens is 2. The Morgan fingerprint density at radius 1 is 0.648 bits per heavy atom. The van der Waals surface area contributed by atoms with E-state index in [9.17, 15) is 14.9 Å². The first-order valence-corrected chi connectivity index (χ1v) is 26.2. The molecule has 0 amide bonds. The van der Waals surface area contributed by atoms with Crippen LogP contribution in [0.3, 0.4) is 0 Å². The van der Waals surface area contributed by atoms with Crippen molar-refractivity contribution in [2.24, 2.45) is 10.8 Å². The van der Waals surface area contributed by atoms with Crippen LogP contribution in [-0.4, -0.2) is 23.7 Å². The van der Waals surface area contributed by atoms with E-state index in [0.717, 1.165) is 72.0 Å². The van der Waals surface area contributed by atoms with Crippen molar-refractivity contribution in [3.8, 4) is 40.5 Å². The lowest BCUT2D eigenvalue weighted by Crippen LogP contribution is -2.43. The third-order valence-electron chi connectivity index (χ3n) is 12.6. The van der Waals surface area contributed by atoms with Crippen LogP contribution in [0.5, 0.6) is 17.2 Å². The van der Waals surface area contributed by atoms with E-state index in [2.05, 4.69) is 108 Å². The van der Waals surface area contributed by atoms with Gasteiger partial charge in [0.25, 0.3) is 0 Å². The summed E-state index contributed by atoms with van der Waals surface area (Å²) >= 11 is 3.66. The van der Waals surface area contributed by atoms with Crippen LogP contribution in [0.25, 0.3) is 11.1 Å². The minimum Gasteiger partial charge on any atom is -0.543 e. The maximum absolute atomic E-state index is 14.8. The number of nitriles is 2. The molecule has 0 unspecified atom stereocenters. The number of ether oxygens (including phenoxy) is 1. The standard InChI is InChI=1S/C26H34FNO2Si.C19H28BrNOSi/c1-25(2,3)31(5,6)30-21-9-11-22(23-16-20(29-4)10-12-24(23)27)19(15-21)17-26(18-28)13-7-8-14-26;1-18(2,3)23(4,5)22-16-8-9-17(20)15(12-16)13-19(14-21)10-6-7-11-19/h9-12,15-16H,7-8,13-14,17H2,1-6H3;8-9,12H,6-7,10-11,13H2,1-5H3. The highest BCUT2D eigenvalue weighted by molar-refractivity contribution is 9.10. The van der Waals surface area contributed by atoms with Gasteiger partial charge in [-0.2, -0.15) is 10.5 Å². The van der Waals surface area contributed by atoms with Gasteiger partial charge in [-0.05, 0) is 140 Å².